The molecule has 0 saturated carbocycles. The third-order valence-corrected chi connectivity index (χ3v) is 5.93. The van der Waals surface area contributed by atoms with Gasteiger partial charge in [0.1, 0.15) is 10.7 Å². The Bertz CT molecular complexity index is 1560. The van der Waals surface area contributed by atoms with E-state index in [1.807, 2.05) is 0 Å². The molecule has 4 aromatic rings. The number of aryl methyl sites for hydroxylation is 1. The molecule has 1 aromatic heterocycles. The zero-order chi connectivity index (χ0) is 23.6. The molecular formula is C22H16N4O6S. The van der Waals surface area contributed by atoms with Gasteiger partial charge in [-0.25, -0.2) is 4.98 Å². The Morgan fingerprint density at radius 2 is 1.70 bits per heavy atom. The van der Waals surface area contributed by atoms with Crippen molar-refractivity contribution < 1.29 is 17.5 Å². The lowest BCUT2D eigenvalue weighted by Crippen LogP contribution is -2.20. The normalized spacial score (nSPS) is 11.7. The summed E-state index contributed by atoms with van der Waals surface area (Å²) in [6.45, 7) is 1.63. The molecule has 0 spiro atoms. The Balaban J connectivity index is 1.67. The number of fused-ring (bicyclic) bond motifs is 1. The minimum Gasteiger partial charge on any atom is -0.378 e. The van der Waals surface area contributed by atoms with Gasteiger partial charge in [-0.05, 0) is 43.3 Å². The van der Waals surface area contributed by atoms with Gasteiger partial charge in [-0.1, -0.05) is 24.3 Å². The second kappa shape index (κ2) is 8.63. The second-order valence-corrected chi connectivity index (χ2v) is 8.41. The number of para-hydroxylation sites is 2. The Labute approximate surface area is 187 Å². The summed E-state index contributed by atoms with van der Waals surface area (Å²) in [6.07, 6.45) is 1.30. The van der Waals surface area contributed by atoms with Gasteiger partial charge in [0.25, 0.3) is 11.2 Å². The minimum absolute atomic E-state index is 0.0287. The Morgan fingerprint density at radius 1 is 1.03 bits per heavy atom. The molecule has 3 aromatic carbocycles. The molecule has 1 heterocycles. The molecule has 0 aliphatic carbocycles. The van der Waals surface area contributed by atoms with E-state index >= 15 is 0 Å². The first kappa shape index (κ1) is 21.8. The molecule has 0 atom stereocenters. The quantitative estimate of drug-likeness (QED) is 0.185. The predicted molar refractivity (Wildman–Crippen MR) is 121 cm³/mol. The van der Waals surface area contributed by atoms with Crippen molar-refractivity contribution in [1.82, 2.24) is 9.66 Å². The standard InChI is InChI=1S/C22H16N4O6S/c1-15-24-20-8-4-3-7-19(20)22(27)25(15)23-14-16-6-2-5-9-21(16)32-33(30,31)18-12-10-17(11-13-18)26(28)29/h2-14H,1H3. The summed E-state index contributed by atoms with van der Waals surface area (Å²) in [5.41, 5.74) is 0.226. The fraction of sp³-hybridized carbons (Fsp3) is 0.0455. The molecule has 166 valence electrons. The maximum atomic E-state index is 12.8. The van der Waals surface area contributed by atoms with Crippen LogP contribution in [0.1, 0.15) is 11.4 Å². The van der Waals surface area contributed by atoms with Crippen LogP contribution in [0.15, 0.2) is 87.6 Å². The Hall–Kier alpha value is -4.38. The van der Waals surface area contributed by atoms with Crippen molar-refractivity contribution in [3.05, 3.63) is 105 Å². The van der Waals surface area contributed by atoms with Crippen molar-refractivity contribution in [1.29, 1.82) is 0 Å². The number of aromatic nitrogens is 2. The molecular weight excluding hydrogens is 448 g/mol. The van der Waals surface area contributed by atoms with Crippen molar-refractivity contribution in [3.8, 4) is 5.75 Å². The SMILES string of the molecule is Cc1nc2ccccc2c(=O)n1N=Cc1ccccc1OS(=O)(=O)c1ccc([N+](=O)[O-])cc1. The molecule has 0 unspecified atom stereocenters. The maximum Gasteiger partial charge on any atom is 0.339 e. The third-order valence-electron chi connectivity index (χ3n) is 4.68. The van der Waals surface area contributed by atoms with E-state index in [1.165, 1.54) is 12.3 Å². The highest BCUT2D eigenvalue weighted by molar-refractivity contribution is 7.87. The van der Waals surface area contributed by atoms with Crippen molar-refractivity contribution in [3.63, 3.8) is 0 Å². The van der Waals surface area contributed by atoms with E-state index in [0.717, 1.165) is 28.9 Å². The van der Waals surface area contributed by atoms with Crippen molar-refractivity contribution in [2.45, 2.75) is 11.8 Å². The molecule has 10 nitrogen and oxygen atoms in total. The number of hydrogen-bond acceptors (Lipinski definition) is 8. The van der Waals surface area contributed by atoms with Crippen LogP contribution >= 0.6 is 0 Å². The monoisotopic (exact) mass is 464 g/mol. The van der Waals surface area contributed by atoms with Gasteiger partial charge in [-0.15, -0.1) is 0 Å². The number of non-ortho nitro benzene ring substituents is 1. The lowest BCUT2D eigenvalue weighted by molar-refractivity contribution is -0.384. The van der Waals surface area contributed by atoms with E-state index in [9.17, 15) is 23.3 Å². The fourth-order valence-electron chi connectivity index (χ4n) is 3.05. The van der Waals surface area contributed by atoms with Gasteiger partial charge in [0, 0.05) is 17.7 Å². The molecule has 0 bridgehead atoms. The van der Waals surface area contributed by atoms with E-state index < -0.39 is 15.0 Å². The first-order valence-electron chi connectivity index (χ1n) is 9.57. The summed E-state index contributed by atoms with van der Waals surface area (Å²) in [6, 6.07) is 17.4. The van der Waals surface area contributed by atoms with Gasteiger partial charge in [0.15, 0.2) is 5.75 Å². The minimum atomic E-state index is -4.27. The van der Waals surface area contributed by atoms with Gasteiger partial charge < -0.3 is 4.18 Å². The highest BCUT2D eigenvalue weighted by atomic mass is 32.2. The van der Waals surface area contributed by atoms with Gasteiger partial charge in [0.05, 0.1) is 22.0 Å². The highest BCUT2D eigenvalue weighted by Crippen LogP contribution is 2.23. The molecule has 4 rings (SSSR count). The fourth-order valence-corrected chi connectivity index (χ4v) is 4.01. The summed E-state index contributed by atoms with van der Waals surface area (Å²) in [7, 11) is -4.27. The molecule has 0 saturated heterocycles. The second-order valence-electron chi connectivity index (χ2n) is 6.86. The van der Waals surface area contributed by atoms with Crippen LogP contribution < -0.4 is 9.74 Å². The smallest absolute Gasteiger partial charge is 0.339 e. The predicted octanol–water partition coefficient (Wildman–Crippen LogP) is 3.26. The van der Waals surface area contributed by atoms with Crippen molar-refractivity contribution >= 4 is 32.9 Å². The number of hydrogen-bond donors (Lipinski definition) is 0. The van der Waals surface area contributed by atoms with Gasteiger partial charge in [-0.3, -0.25) is 14.9 Å². The van der Waals surface area contributed by atoms with Crippen LogP contribution in [0.5, 0.6) is 5.75 Å². The molecule has 0 fully saturated rings. The molecule has 0 amide bonds. The topological polar surface area (TPSA) is 134 Å². The van der Waals surface area contributed by atoms with Crippen LogP contribution in [0.25, 0.3) is 10.9 Å². The summed E-state index contributed by atoms with van der Waals surface area (Å²) in [5.74, 6) is 0.325. The van der Waals surface area contributed by atoms with Crippen LogP contribution in [0.2, 0.25) is 0 Å². The van der Waals surface area contributed by atoms with Gasteiger partial charge in [0.2, 0.25) is 0 Å². The zero-order valence-electron chi connectivity index (χ0n) is 17.2. The van der Waals surface area contributed by atoms with Crippen LogP contribution in [-0.4, -0.2) is 29.2 Å². The van der Waals surface area contributed by atoms with E-state index in [1.54, 1.807) is 49.4 Å². The Morgan fingerprint density at radius 3 is 2.42 bits per heavy atom. The van der Waals surface area contributed by atoms with Crippen LogP contribution in [0.3, 0.4) is 0 Å². The molecule has 11 heteroatoms. The van der Waals surface area contributed by atoms with Crippen molar-refractivity contribution in [2.24, 2.45) is 5.10 Å². The number of benzene rings is 3. The molecule has 33 heavy (non-hydrogen) atoms. The summed E-state index contributed by atoms with van der Waals surface area (Å²) >= 11 is 0. The summed E-state index contributed by atoms with van der Waals surface area (Å²) < 4.78 is 31.7. The van der Waals surface area contributed by atoms with Crippen molar-refractivity contribution in [2.75, 3.05) is 0 Å². The molecule has 0 aliphatic heterocycles. The number of nitro benzene ring substituents is 1. The maximum absolute atomic E-state index is 12.8. The zero-order valence-corrected chi connectivity index (χ0v) is 18.0. The van der Waals surface area contributed by atoms with Crippen LogP contribution in [-0.2, 0) is 10.1 Å². The first-order chi connectivity index (χ1) is 15.8. The molecule has 0 N–H and O–H groups in total. The highest BCUT2D eigenvalue weighted by Gasteiger charge is 2.19. The van der Waals surface area contributed by atoms with E-state index in [-0.39, 0.29) is 21.9 Å². The van der Waals surface area contributed by atoms with Gasteiger partial charge >= 0.3 is 10.1 Å². The molecule has 0 radical (unpaired) electrons. The lowest BCUT2D eigenvalue weighted by Gasteiger charge is -2.10. The average Bonchev–Trinajstić information content (AvgIpc) is 2.80. The number of rotatable bonds is 6. The number of nitro groups is 1. The summed E-state index contributed by atoms with van der Waals surface area (Å²) in [5, 5.41) is 15.4. The Kier molecular flexibility index (Phi) is 5.71. The summed E-state index contributed by atoms with van der Waals surface area (Å²) in [4.78, 5) is 27.1. The molecule has 0 aliphatic rings. The first-order valence-corrected chi connectivity index (χ1v) is 11.0. The van der Waals surface area contributed by atoms with Crippen LogP contribution in [0, 0.1) is 17.0 Å². The van der Waals surface area contributed by atoms with Gasteiger partial charge in [-0.2, -0.15) is 18.2 Å². The third kappa shape index (κ3) is 4.48. The van der Waals surface area contributed by atoms with E-state index in [0.29, 0.717) is 22.3 Å². The lowest BCUT2D eigenvalue weighted by atomic mass is 10.2. The van der Waals surface area contributed by atoms with Crippen LogP contribution in [0.4, 0.5) is 5.69 Å². The van der Waals surface area contributed by atoms with E-state index in [4.69, 9.17) is 4.18 Å². The van der Waals surface area contributed by atoms with E-state index in [2.05, 4.69) is 10.1 Å². The number of nitrogens with zero attached hydrogens (tertiary/aromatic N) is 4. The average molecular weight is 464 g/mol. The largest absolute Gasteiger partial charge is 0.378 e.